The molecule has 0 saturated heterocycles. The molecule has 32 heavy (non-hydrogen) atoms. The third kappa shape index (κ3) is 5.18. The van der Waals surface area contributed by atoms with Gasteiger partial charge in [0.05, 0.1) is 34.4 Å². The first-order valence-corrected chi connectivity index (χ1v) is 10.8. The van der Waals surface area contributed by atoms with Crippen molar-refractivity contribution in [3.63, 3.8) is 0 Å². The highest BCUT2D eigenvalue weighted by Gasteiger charge is 2.14. The van der Waals surface area contributed by atoms with Gasteiger partial charge < -0.3 is 19.6 Å². The minimum atomic E-state index is -0.207. The predicted octanol–water partition coefficient (Wildman–Crippen LogP) is 3.96. The van der Waals surface area contributed by atoms with Crippen LogP contribution in [0.15, 0.2) is 71.3 Å². The average molecular weight is 451 g/mol. The van der Waals surface area contributed by atoms with E-state index in [4.69, 9.17) is 21.0 Å². The molecule has 4 rings (SSSR count). The zero-order valence-corrected chi connectivity index (χ0v) is 18.1. The van der Waals surface area contributed by atoms with Gasteiger partial charge in [-0.3, -0.25) is 9.59 Å². The number of carbonyl (C=O) groups is 2. The number of halogens is 1. The molecule has 2 N–H and O–H groups in total. The first kappa shape index (κ1) is 21.6. The Bertz CT molecular complexity index is 1220. The molecule has 0 atom stereocenters. The van der Waals surface area contributed by atoms with E-state index in [1.807, 2.05) is 34.9 Å². The molecule has 2 heterocycles. The molecule has 0 saturated carbocycles. The summed E-state index contributed by atoms with van der Waals surface area (Å²) in [5.74, 6) is 1.16. The lowest BCUT2D eigenvalue weighted by atomic mass is 10.2. The lowest BCUT2D eigenvalue weighted by Gasteiger charge is -2.10. The number of aryl methyl sites for hydroxylation is 1. The average Bonchev–Trinajstić information content (AvgIpc) is 3.44. The molecule has 2 aromatic heterocycles. The first-order chi connectivity index (χ1) is 15.6. The number of nitrogens with one attached hydrogen (secondary N) is 2. The molecule has 0 aliphatic rings. The molecule has 0 spiro atoms. The van der Waals surface area contributed by atoms with E-state index >= 15 is 0 Å². The zero-order chi connectivity index (χ0) is 22.3. The number of para-hydroxylation sites is 2. The summed E-state index contributed by atoms with van der Waals surface area (Å²) in [6.45, 7) is 0.961. The minimum absolute atomic E-state index is 0.127. The fraction of sp³-hybridized carbons (Fsp3) is 0.208. The van der Waals surface area contributed by atoms with Crippen LogP contribution < -0.4 is 10.6 Å². The number of imidazole rings is 1. The summed E-state index contributed by atoms with van der Waals surface area (Å²) >= 11 is 6.08. The number of aromatic nitrogens is 2. The van der Waals surface area contributed by atoms with Gasteiger partial charge >= 0.3 is 0 Å². The molecular weight excluding hydrogens is 428 g/mol. The van der Waals surface area contributed by atoms with Gasteiger partial charge in [0.2, 0.25) is 5.91 Å². The number of nitrogens with zero attached hydrogens (tertiary/aromatic N) is 2. The number of benzene rings is 2. The van der Waals surface area contributed by atoms with Crippen molar-refractivity contribution in [3.05, 3.63) is 89.1 Å². The van der Waals surface area contributed by atoms with Crippen LogP contribution in [0.25, 0.3) is 11.0 Å². The van der Waals surface area contributed by atoms with E-state index in [2.05, 4.69) is 10.6 Å². The highest BCUT2D eigenvalue weighted by Crippen LogP contribution is 2.18. The third-order valence-electron chi connectivity index (χ3n) is 5.06. The Labute approximate surface area is 190 Å². The monoisotopic (exact) mass is 450 g/mol. The van der Waals surface area contributed by atoms with E-state index in [1.54, 1.807) is 36.6 Å². The molecule has 0 radical (unpaired) electrons. The molecule has 8 heteroatoms. The zero-order valence-electron chi connectivity index (χ0n) is 17.4. The van der Waals surface area contributed by atoms with Crippen molar-refractivity contribution in [1.82, 2.24) is 20.2 Å². The van der Waals surface area contributed by atoms with Crippen LogP contribution in [0.4, 0.5) is 0 Å². The van der Waals surface area contributed by atoms with E-state index in [0.29, 0.717) is 42.3 Å². The maximum Gasteiger partial charge on any atom is 0.252 e. The SMILES string of the molecule is O=C(Cn1c(CCCNC(=O)c2ccccc2Cl)nc2ccccc21)NCc1ccco1. The van der Waals surface area contributed by atoms with Gasteiger partial charge in [-0.25, -0.2) is 4.98 Å². The summed E-state index contributed by atoms with van der Waals surface area (Å²) in [7, 11) is 0. The van der Waals surface area contributed by atoms with Crippen molar-refractivity contribution >= 4 is 34.4 Å². The van der Waals surface area contributed by atoms with Crippen molar-refractivity contribution in [1.29, 1.82) is 0 Å². The Morgan fingerprint density at radius 1 is 1.00 bits per heavy atom. The Morgan fingerprint density at radius 3 is 2.62 bits per heavy atom. The molecule has 0 unspecified atom stereocenters. The lowest BCUT2D eigenvalue weighted by molar-refractivity contribution is -0.121. The number of amides is 2. The fourth-order valence-corrected chi connectivity index (χ4v) is 3.70. The van der Waals surface area contributed by atoms with E-state index in [1.165, 1.54) is 0 Å². The Morgan fingerprint density at radius 2 is 1.81 bits per heavy atom. The minimum Gasteiger partial charge on any atom is -0.467 e. The number of rotatable bonds is 9. The summed E-state index contributed by atoms with van der Waals surface area (Å²) < 4.78 is 7.18. The number of hydrogen-bond donors (Lipinski definition) is 2. The van der Waals surface area contributed by atoms with Crippen molar-refractivity contribution in [2.45, 2.75) is 25.9 Å². The molecule has 0 bridgehead atoms. The topological polar surface area (TPSA) is 89.2 Å². The lowest BCUT2D eigenvalue weighted by Crippen LogP contribution is -2.28. The van der Waals surface area contributed by atoms with E-state index < -0.39 is 0 Å². The Balaban J connectivity index is 1.38. The van der Waals surface area contributed by atoms with E-state index in [0.717, 1.165) is 16.9 Å². The molecule has 0 aliphatic carbocycles. The van der Waals surface area contributed by atoms with Crippen LogP contribution in [0.3, 0.4) is 0 Å². The van der Waals surface area contributed by atoms with Gasteiger partial charge in [0.1, 0.15) is 18.1 Å². The van der Waals surface area contributed by atoms with Crippen LogP contribution in [0.1, 0.15) is 28.4 Å². The van der Waals surface area contributed by atoms with Gasteiger partial charge in [0, 0.05) is 13.0 Å². The summed E-state index contributed by atoms with van der Waals surface area (Å²) in [6, 6.07) is 18.3. The molecule has 0 aliphatic heterocycles. The van der Waals surface area contributed by atoms with Crippen LogP contribution in [-0.4, -0.2) is 27.9 Å². The number of hydrogen-bond acceptors (Lipinski definition) is 4. The van der Waals surface area contributed by atoms with Crippen LogP contribution >= 0.6 is 11.6 Å². The highest BCUT2D eigenvalue weighted by molar-refractivity contribution is 6.33. The maximum atomic E-state index is 12.5. The van der Waals surface area contributed by atoms with Crippen molar-refractivity contribution in [2.75, 3.05) is 6.54 Å². The number of fused-ring (bicyclic) bond motifs is 1. The maximum absolute atomic E-state index is 12.5. The summed E-state index contributed by atoms with van der Waals surface area (Å²) in [5.41, 5.74) is 2.19. The molecule has 2 amide bonds. The van der Waals surface area contributed by atoms with Gasteiger partial charge in [-0.1, -0.05) is 35.9 Å². The quantitative estimate of drug-likeness (QED) is 0.378. The van der Waals surface area contributed by atoms with Crippen LogP contribution in [0.5, 0.6) is 0 Å². The predicted molar refractivity (Wildman–Crippen MR) is 122 cm³/mol. The van der Waals surface area contributed by atoms with Crippen LogP contribution in [-0.2, 0) is 24.3 Å². The summed E-state index contributed by atoms with van der Waals surface area (Å²) in [6.07, 6.45) is 2.87. The van der Waals surface area contributed by atoms with Crippen molar-refractivity contribution in [2.24, 2.45) is 0 Å². The molecular formula is C24H23ClN4O3. The molecule has 164 valence electrons. The second-order valence-electron chi connectivity index (χ2n) is 7.30. The Kier molecular flexibility index (Phi) is 6.87. The van der Waals surface area contributed by atoms with E-state index in [-0.39, 0.29) is 18.4 Å². The number of carbonyl (C=O) groups excluding carboxylic acids is 2. The third-order valence-corrected chi connectivity index (χ3v) is 5.39. The van der Waals surface area contributed by atoms with Gasteiger partial charge in [-0.2, -0.15) is 0 Å². The van der Waals surface area contributed by atoms with Crippen molar-refractivity contribution < 1.29 is 14.0 Å². The molecule has 2 aromatic carbocycles. The van der Waals surface area contributed by atoms with Crippen LogP contribution in [0, 0.1) is 0 Å². The number of furan rings is 1. The molecule has 0 fully saturated rings. The molecule has 4 aromatic rings. The second kappa shape index (κ2) is 10.2. The normalized spacial score (nSPS) is 10.9. The standard InChI is InChI=1S/C24H23ClN4O3/c25-19-9-2-1-8-18(19)24(31)26-13-5-12-22-28-20-10-3-4-11-21(20)29(22)16-23(30)27-15-17-7-6-14-32-17/h1-4,6-11,14H,5,12-13,15-16H2,(H,26,31)(H,27,30). The van der Waals surface area contributed by atoms with E-state index in [9.17, 15) is 9.59 Å². The fourth-order valence-electron chi connectivity index (χ4n) is 3.48. The molecule has 7 nitrogen and oxygen atoms in total. The Hall–Kier alpha value is -3.58. The van der Waals surface area contributed by atoms with Crippen LogP contribution in [0.2, 0.25) is 5.02 Å². The highest BCUT2D eigenvalue weighted by atomic mass is 35.5. The van der Waals surface area contributed by atoms with Crippen molar-refractivity contribution in [3.8, 4) is 0 Å². The van der Waals surface area contributed by atoms with Gasteiger partial charge in [0.15, 0.2) is 0 Å². The largest absolute Gasteiger partial charge is 0.467 e. The van der Waals surface area contributed by atoms with Gasteiger partial charge in [-0.05, 0) is 42.8 Å². The summed E-state index contributed by atoms with van der Waals surface area (Å²) in [5, 5.41) is 6.18. The smallest absolute Gasteiger partial charge is 0.252 e. The first-order valence-electron chi connectivity index (χ1n) is 10.4. The summed E-state index contributed by atoms with van der Waals surface area (Å²) in [4.78, 5) is 29.6. The van der Waals surface area contributed by atoms with Gasteiger partial charge in [-0.15, -0.1) is 0 Å². The second-order valence-corrected chi connectivity index (χ2v) is 7.71. The van der Waals surface area contributed by atoms with Gasteiger partial charge in [0.25, 0.3) is 5.91 Å².